The number of carbonyl (C=O) groups is 2. The average Bonchev–Trinajstić information content (AvgIpc) is 3.12. The van der Waals surface area contributed by atoms with E-state index in [2.05, 4.69) is 0 Å². The minimum atomic E-state index is -0.145. The third-order valence-electron chi connectivity index (χ3n) is 4.80. The lowest BCUT2D eigenvalue weighted by Gasteiger charge is -2.25. The smallest absolute Gasteiger partial charge is 0.228 e. The predicted molar refractivity (Wildman–Crippen MR) is 105 cm³/mol. The number of nitrogens with zero attached hydrogens (tertiary/aromatic N) is 2. The molecule has 0 bridgehead atoms. The van der Waals surface area contributed by atoms with Crippen LogP contribution in [0, 0.1) is 0 Å². The van der Waals surface area contributed by atoms with Gasteiger partial charge < -0.3 is 19.3 Å². The zero-order valence-corrected chi connectivity index (χ0v) is 15.9. The molecule has 0 saturated carbocycles. The predicted octanol–water partition coefficient (Wildman–Crippen LogP) is 3.04. The van der Waals surface area contributed by atoms with Crippen LogP contribution in [0.5, 0.6) is 11.5 Å². The molecule has 0 saturated heterocycles. The molecule has 0 N–H and O–H groups in total. The van der Waals surface area contributed by atoms with Gasteiger partial charge in [-0.25, -0.2) is 0 Å². The van der Waals surface area contributed by atoms with Gasteiger partial charge in [-0.2, -0.15) is 0 Å². The van der Waals surface area contributed by atoms with E-state index in [-0.39, 0.29) is 24.8 Å². The number of carbonyl (C=O) groups excluding carboxylic acids is 2. The normalized spacial score (nSPS) is 12.5. The maximum absolute atomic E-state index is 12.8. The topological polar surface area (TPSA) is 59.1 Å². The number of ether oxygens (including phenoxy) is 2. The van der Waals surface area contributed by atoms with E-state index >= 15 is 0 Å². The molecule has 0 aromatic heterocycles. The Morgan fingerprint density at radius 3 is 2.59 bits per heavy atom. The van der Waals surface area contributed by atoms with Crippen LogP contribution in [0.4, 0.5) is 11.4 Å². The molecule has 2 amide bonds. The summed E-state index contributed by atoms with van der Waals surface area (Å²) in [5.74, 6) is 1.04. The van der Waals surface area contributed by atoms with Gasteiger partial charge >= 0.3 is 0 Å². The van der Waals surface area contributed by atoms with Crippen LogP contribution < -0.4 is 19.3 Å². The van der Waals surface area contributed by atoms with E-state index < -0.39 is 0 Å². The monoisotopic (exact) mass is 368 g/mol. The highest BCUT2D eigenvalue weighted by atomic mass is 16.5. The van der Waals surface area contributed by atoms with Crippen LogP contribution in [0.25, 0.3) is 0 Å². The molecular weight excluding hydrogens is 344 g/mol. The van der Waals surface area contributed by atoms with Gasteiger partial charge in [0.15, 0.2) is 0 Å². The summed E-state index contributed by atoms with van der Waals surface area (Å²) in [6.07, 6.45) is 1.10. The van der Waals surface area contributed by atoms with Crippen LogP contribution in [0.3, 0.4) is 0 Å². The third kappa shape index (κ3) is 3.89. The Morgan fingerprint density at radius 2 is 1.89 bits per heavy atom. The Balaban J connectivity index is 1.75. The second-order valence-corrected chi connectivity index (χ2v) is 6.38. The minimum Gasteiger partial charge on any atom is -0.497 e. The van der Waals surface area contributed by atoms with E-state index in [9.17, 15) is 9.59 Å². The van der Waals surface area contributed by atoms with Crippen molar-refractivity contribution in [3.8, 4) is 11.5 Å². The van der Waals surface area contributed by atoms with Crippen molar-refractivity contribution in [2.45, 2.75) is 19.8 Å². The van der Waals surface area contributed by atoms with Gasteiger partial charge in [0.25, 0.3) is 0 Å². The van der Waals surface area contributed by atoms with E-state index in [4.69, 9.17) is 9.47 Å². The largest absolute Gasteiger partial charge is 0.497 e. The second kappa shape index (κ2) is 8.12. The zero-order valence-electron chi connectivity index (χ0n) is 15.9. The summed E-state index contributed by atoms with van der Waals surface area (Å²) in [6.45, 7) is 2.46. The molecule has 0 aliphatic carbocycles. The molecule has 1 aliphatic heterocycles. The third-order valence-corrected chi connectivity index (χ3v) is 4.80. The molecule has 0 unspecified atom stereocenters. The Kier molecular flexibility index (Phi) is 5.64. The first-order valence-electron chi connectivity index (χ1n) is 8.93. The van der Waals surface area contributed by atoms with Crippen LogP contribution in [0.2, 0.25) is 0 Å². The Morgan fingerprint density at radius 1 is 1.11 bits per heavy atom. The quantitative estimate of drug-likeness (QED) is 0.786. The molecular formula is C21H24N2O4. The number of methoxy groups -OCH3 is 2. The maximum Gasteiger partial charge on any atom is 0.228 e. The maximum atomic E-state index is 12.8. The number of rotatable bonds is 6. The van der Waals surface area contributed by atoms with E-state index in [0.717, 1.165) is 12.1 Å². The fraction of sp³-hybridized carbons (Fsp3) is 0.333. The lowest BCUT2D eigenvalue weighted by atomic mass is 10.2. The van der Waals surface area contributed by atoms with Gasteiger partial charge in [-0.15, -0.1) is 0 Å². The van der Waals surface area contributed by atoms with Crippen molar-refractivity contribution in [1.29, 1.82) is 0 Å². The van der Waals surface area contributed by atoms with Gasteiger partial charge in [-0.05, 0) is 30.2 Å². The lowest BCUT2D eigenvalue weighted by Crippen LogP contribution is -2.35. The molecule has 142 valence electrons. The molecule has 0 atom stereocenters. The van der Waals surface area contributed by atoms with Crippen LogP contribution in [-0.2, 0) is 16.0 Å². The molecule has 1 heterocycles. The molecule has 27 heavy (non-hydrogen) atoms. The average molecular weight is 368 g/mol. The van der Waals surface area contributed by atoms with Crippen molar-refractivity contribution in [1.82, 2.24) is 0 Å². The molecule has 0 spiro atoms. The Bertz CT molecular complexity index is 850. The first kappa shape index (κ1) is 18.8. The van der Waals surface area contributed by atoms with Gasteiger partial charge in [-0.1, -0.05) is 18.2 Å². The molecule has 6 nitrogen and oxygen atoms in total. The molecule has 1 aliphatic rings. The molecule has 2 aromatic carbocycles. The molecule has 3 rings (SSSR count). The standard InChI is InChI=1S/C21H24N2O4/c1-15(24)22(19-9-8-17(26-2)14-20(19)27-3)13-11-21(25)23-12-10-16-6-4-5-7-18(16)23/h4-9,14H,10-13H2,1-3H3. The van der Waals surface area contributed by atoms with Crippen LogP contribution in [0.1, 0.15) is 18.9 Å². The van der Waals surface area contributed by atoms with Crippen molar-refractivity contribution in [2.75, 3.05) is 37.1 Å². The SMILES string of the molecule is COc1ccc(N(CCC(=O)N2CCc3ccccc32)C(C)=O)c(OC)c1. The van der Waals surface area contributed by atoms with E-state index in [1.54, 1.807) is 42.2 Å². The fourth-order valence-electron chi connectivity index (χ4n) is 3.40. The van der Waals surface area contributed by atoms with Crippen molar-refractivity contribution < 1.29 is 19.1 Å². The highest BCUT2D eigenvalue weighted by Crippen LogP contribution is 2.33. The summed E-state index contributed by atoms with van der Waals surface area (Å²) in [5, 5.41) is 0. The van der Waals surface area contributed by atoms with Gasteiger partial charge in [-0.3, -0.25) is 9.59 Å². The van der Waals surface area contributed by atoms with E-state index in [1.807, 2.05) is 24.3 Å². The number of hydrogen-bond acceptors (Lipinski definition) is 4. The number of para-hydroxylation sites is 1. The first-order valence-corrected chi connectivity index (χ1v) is 8.93. The second-order valence-electron chi connectivity index (χ2n) is 6.38. The summed E-state index contributed by atoms with van der Waals surface area (Å²) >= 11 is 0. The van der Waals surface area contributed by atoms with Crippen molar-refractivity contribution in [3.05, 3.63) is 48.0 Å². The van der Waals surface area contributed by atoms with Crippen LogP contribution in [0.15, 0.2) is 42.5 Å². The van der Waals surface area contributed by atoms with Gasteiger partial charge in [0.1, 0.15) is 11.5 Å². The Hall–Kier alpha value is -3.02. The van der Waals surface area contributed by atoms with Gasteiger partial charge in [0.05, 0.1) is 19.9 Å². The highest BCUT2D eigenvalue weighted by molar-refractivity contribution is 5.98. The molecule has 6 heteroatoms. The van der Waals surface area contributed by atoms with Gasteiger partial charge in [0, 0.05) is 38.2 Å². The van der Waals surface area contributed by atoms with Crippen molar-refractivity contribution >= 4 is 23.2 Å². The van der Waals surface area contributed by atoms with Crippen LogP contribution >= 0.6 is 0 Å². The van der Waals surface area contributed by atoms with Gasteiger partial charge in [0.2, 0.25) is 11.8 Å². The Labute approximate surface area is 159 Å². The van der Waals surface area contributed by atoms with E-state index in [0.29, 0.717) is 23.7 Å². The number of amides is 2. The minimum absolute atomic E-state index is 0.0127. The summed E-state index contributed by atoms with van der Waals surface area (Å²) < 4.78 is 10.6. The molecule has 0 radical (unpaired) electrons. The number of anilines is 2. The van der Waals surface area contributed by atoms with Crippen molar-refractivity contribution in [3.63, 3.8) is 0 Å². The summed E-state index contributed by atoms with van der Waals surface area (Å²) in [7, 11) is 3.12. The number of fused-ring (bicyclic) bond motifs is 1. The van der Waals surface area contributed by atoms with Crippen molar-refractivity contribution in [2.24, 2.45) is 0 Å². The summed E-state index contributed by atoms with van der Waals surface area (Å²) in [6, 6.07) is 13.2. The van der Waals surface area contributed by atoms with E-state index in [1.165, 1.54) is 12.5 Å². The highest BCUT2D eigenvalue weighted by Gasteiger charge is 2.25. The molecule has 0 fully saturated rings. The molecule has 2 aromatic rings. The lowest BCUT2D eigenvalue weighted by molar-refractivity contribution is -0.118. The number of hydrogen-bond donors (Lipinski definition) is 0. The number of benzene rings is 2. The van der Waals surface area contributed by atoms with Crippen LogP contribution in [-0.4, -0.2) is 39.1 Å². The summed E-state index contributed by atoms with van der Waals surface area (Å²) in [5.41, 5.74) is 2.78. The first-order chi connectivity index (χ1) is 13.0. The fourth-order valence-corrected chi connectivity index (χ4v) is 3.40. The zero-order chi connectivity index (χ0) is 19.4. The summed E-state index contributed by atoms with van der Waals surface area (Å²) in [4.78, 5) is 28.3.